The molecule has 0 radical (unpaired) electrons. The van der Waals surface area contributed by atoms with Crippen LogP contribution in [0.2, 0.25) is 0 Å². The molecule has 0 fully saturated rings. The summed E-state index contributed by atoms with van der Waals surface area (Å²) >= 11 is 0. The van der Waals surface area contributed by atoms with Gasteiger partial charge in [0.1, 0.15) is 0 Å². The summed E-state index contributed by atoms with van der Waals surface area (Å²) < 4.78 is 2.45. The van der Waals surface area contributed by atoms with Gasteiger partial charge in [0, 0.05) is 49.7 Å². The van der Waals surface area contributed by atoms with Crippen molar-refractivity contribution >= 4 is 38.9 Å². The molecule has 10 aromatic rings. The van der Waals surface area contributed by atoms with Crippen LogP contribution in [0.4, 0.5) is 17.1 Å². The summed E-state index contributed by atoms with van der Waals surface area (Å²) in [6.45, 7) is 9.47. The second-order valence-electron chi connectivity index (χ2n) is 18.1. The van der Waals surface area contributed by atoms with E-state index in [1.807, 2.05) is 0 Å². The summed E-state index contributed by atoms with van der Waals surface area (Å²) in [6, 6.07) is 76.6. The first-order valence-electron chi connectivity index (χ1n) is 21.9. The summed E-state index contributed by atoms with van der Waals surface area (Å²) in [5.74, 6) is 0. The third-order valence-electron chi connectivity index (χ3n) is 14.0. The van der Waals surface area contributed by atoms with Crippen molar-refractivity contribution < 1.29 is 0 Å². The van der Waals surface area contributed by atoms with Crippen LogP contribution in [0.25, 0.3) is 72.0 Å². The maximum atomic E-state index is 2.54. The van der Waals surface area contributed by atoms with Crippen molar-refractivity contribution in [1.29, 1.82) is 0 Å². The monoisotopic (exact) mass is 794 g/mol. The topological polar surface area (TPSA) is 8.17 Å². The molecule has 0 bridgehead atoms. The van der Waals surface area contributed by atoms with Crippen LogP contribution in [0.5, 0.6) is 0 Å². The third kappa shape index (κ3) is 5.23. The predicted molar refractivity (Wildman–Crippen MR) is 261 cm³/mol. The quantitative estimate of drug-likeness (QED) is 0.163. The number of aromatic nitrogens is 1. The largest absolute Gasteiger partial charge is 0.309 e. The number of benzene rings is 9. The average Bonchev–Trinajstić information content (AvgIpc) is 3.87. The molecule has 0 atom stereocenters. The van der Waals surface area contributed by atoms with Gasteiger partial charge in [0.15, 0.2) is 0 Å². The molecule has 2 aliphatic carbocycles. The van der Waals surface area contributed by atoms with Crippen molar-refractivity contribution in [3.63, 3.8) is 0 Å². The number of fused-ring (bicyclic) bond motifs is 9. The smallest absolute Gasteiger partial charge is 0.0620 e. The van der Waals surface area contributed by atoms with Crippen LogP contribution >= 0.6 is 0 Å². The fourth-order valence-electron chi connectivity index (χ4n) is 11.0. The lowest BCUT2D eigenvalue weighted by Crippen LogP contribution is -2.16. The first kappa shape index (κ1) is 36.4. The summed E-state index contributed by atoms with van der Waals surface area (Å²) in [4.78, 5) is 2.54. The zero-order valence-electron chi connectivity index (χ0n) is 35.5. The number of nitrogens with zero attached hydrogens (tertiary/aromatic N) is 2. The number of hydrogen-bond acceptors (Lipinski definition) is 1. The van der Waals surface area contributed by atoms with E-state index in [4.69, 9.17) is 0 Å². The first-order chi connectivity index (χ1) is 30.3. The standard InChI is InChI=1S/C60H46N2/c1-59(2)51-30-13-9-26-49(51)57-52(59)31-18-34-56(57)61(42-22-16-19-39(37-42)40-35-36-44-43-23-8-12-29-50(43)60(3,4)53(44)38-40)54-32-14-10-24-45(54)47-27-17-28-48-46-25-11-15-33-55(46)62(58(47)48)41-20-6-5-7-21-41/h5-38H,1-4H3. The maximum absolute atomic E-state index is 2.54. The van der Waals surface area contributed by atoms with Crippen LogP contribution in [-0.4, -0.2) is 4.57 Å². The number of rotatable bonds is 6. The highest BCUT2D eigenvalue weighted by molar-refractivity contribution is 6.15. The molecule has 0 amide bonds. The van der Waals surface area contributed by atoms with Crippen molar-refractivity contribution in [3.8, 4) is 50.2 Å². The van der Waals surface area contributed by atoms with Crippen LogP contribution in [0.1, 0.15) is 49.9 Å². The van der Waals surface area contributed by atoms with E-state index in [0.29, 0.717) is 0 Å². The normalized spacial score (nSPS) is 14.1. The van der Waals surface area contributed by atoms with Gasteiger partial charge in [-0.2, -0.15) is 0 Å². The molecule has 0 spiro atoms. The fraction of sp³-hybridized carbons (Fsp3) is 0.100. The van der Waals surface area contributed by atoms with Gasteiger partial charge in [-0.15, -0.1) is 0 Å². The van der Waals surface area contributed by atoms with Gasteiger partial charge in [0.05, 0.1) is 22.4 Å². The third-order valence-corrected chi connectivity index (χ3v) is 14.0. The minimum absolute atomic E-state index is 0.0848. The lowest BCUT2D eigenvalue weighted by molar-refractivity contribution is 0.660. The summed E-state index contributed by atoms with van der Waals surface area (Å²) in [5.41, 5.74) is 22.3. The van der Waals surface area contributed by atoms with Gasteiger partial charge in [-0.3, -0.25) is 0 Å². The fourth-order valence-corrected chi connectivity index (χ4v) is 11.0. The Morgan fingerprint density at radius 1 is 0.371 bits per heavy atom. The zero-order valence-corrected chi connectivity index (χ0v) is 35.5. The minimum Gasteiger partial charge on any atom is -0.309 e. The molecule has 0 aliphatic heterocycles. The number of anilines is 3. The van der Waals surface area contributed by atoms with E-state index >= 15 is 0 Å². The Bertz CT molecular complexity index is 3420. The maximum Gasteiger partial charge on any atom is 0.0620 e. The van der Waals surface area contributed by atoms with Crippen LogP contribution in [-0.2, 0) is 10.8 Å². The van der Waals surface area contributed by atoms with E-state index in [1.54, 1.807) is 0 Å². The van der Waals surface area contributed by atoms with Crippen LogP contribution < -0.4 is 4.90 Å². The molecule has 296 valence electrons. The summed E-state index contributed by atoms with van der Waals surface area (Å²) in [5, 5.41) is 2.49. The van der Waals surface area contributed by atoms with E-state index < -0.39 is 0 Å². The molecule has 2 aliphatic rings. The molecule has 1 aromatic heterocycles. The summed E-state index contributed by atoms with van der Waals surface area (Å²) in [6.07, 6.45) is 0. The SMILES string of the molecule is CC1(C)c2ccccc2-c2ccc(-c3cccc(N(c4ccccc4-c4cccc5c6ccccc6n(-c6ccccc6)c45)c4cccc5c4-c4ccccc4C5(C)C)c3)cc21. The highest BCUT2D eigenvalue weighted by Crippen LogP contribution is 2.56. The summed E-state index contributed by atoms with van der Waals surface area (Å²) in [7, 11) is 0. The average molecular weight is 795 g/mol. The molecule has 0 saturated heterocycles. The van der Waals surface area contributed by atoms with Crippen LogP contribution in [0.15, 0.2) is 206 Å². The van der Waals surface area contributed by atoms with Crippen molar-refractivity contribution in [2.24, 2.45) is 0 Å². The molecule has 2 heteroatoms. The van der Waals surface area contributed by atoms with Gasteiger partial charge in [-0.1, -0.05) is 185 Å². The van der Waals surface area contributed by atoms with Gasteiger partial charge >= 0.3 is 0 Å². The van der Waals surface area contributed by atoms with E-state index in [9.17, 15) is 0 Å². The zero-order chi connectivity index (χ0) is 41.7. The highest BCUT2D eigenvalue weighted by atomic mass is 15.1. The predicted octanol–water partition coefficient (Wildman–Crippen LogP) is 16.2. The van der Waals surface area contributed by atoms with E-state index in [0.717, 1.165) is 17.1 Å². The van der Waals surface area contributed by atoms with Crippen molar-refractivity contribution in [1.82, 2.24) is 4.57 Å². The van der Waals surface area contributed by atoms with Gasteiger partial charge in [0.2, 0.25) is 0 Å². The Kier molecular flexibility index (Phi) is 7.96. The molecule has 0 N–H and O–H groups in total. The molecule has 62 heavy (non-hydrogen) atoms. The molecule has 9 aromatic carbocycles. The second kappa shape index (κ2) is 13.5. The van der Waals surface area contributed by atoms with Crippen LogP contribution in [0, 0.1) is 0 Å². The molecule has 0 saturated carbocycles. The highest BCUT2D eigenvalue weighted by Gasteiger charge is 2.38. The van der Waals surface area contributed by atoms with E-state index in [1.165, 1.54) is 94.3 Å². The lowest BCUT2D eigenvalue weighted by atomic mass is 9.81. The molecule has 1 heterocycles. The van der Waals surface area contributed by atoms with Crippen molar-refractivity contribution in [2.45, 2.75) is 38.5 Å². The van der Waals surface area contributed by atoms with Gasteiger partial charge in [-0.05, 0) is 98.6 Å². The first-order valence-corrected chi connectivity index (χ1v) is 21.9. The van der Waals surface area contributed by atoms with Crippen molar-refractivity contribution in [2.75, 3.05) is 4.90 Å². The Morgan fingerprint density at radius 2 is 0.935 bits per heavy atom. The Balaban J connectivity index is 1.12. The minimum atomic E-state index is -0.147. The number of para-hydroxylation sites is 4. The molecule has 12 rings (SSSR count). The molecule has 0 unspecified atom stereocenters. The second-order valence-corrected chi connectivity index (χ2v) is 18.1. The van der Waals surface area contributed by atoms with Gasteiger partial charge in [0.25, 0.3) is 0 Å². The van der Waals surface area contributed by atoms with E-state index in [-0.39, 0.29) is 10.8 Å². The van der Waals surface area contributed by atoms with E-state index in [2.05, 4.69) is 243 Å². The number of hydrogen-bond donors (Lipinski definition) is 0. The van der Waals surface area contributed by atoms with Crippen LogP contribution in [0.3, 0.4) is 0 Å². The molecular weight excluding hydrogens is 749 g/mol. The van der Waals surface area contributed by atoms with Crippen molar-refractivity contribution in [3.05, 3.63) is 229 Å². The molecule has 2 nitrogen and oxygen atoms in total. The lowest BCUT2D eigenvalue weighted by Gasteiger charge is -2.31. The Hall–Kier alpha value is -7.42. The Morgan fingerprint density at radius 3 is 1.77 bits per heavy atom. The molecular formula is C60H46N2. The van der Waals surface area contributed by atoms with Gasteiger partial charge < -0.3 is 9.47 Å². The van der Waals surface area contributed by atoms with Gasteiger partial charge in [-0.25, -0.2) is 0 Å². The Labute approximate surface area is 364 Å².